The Morgan fingerprint density at radius 2 is 2.00 bits per heavy atom. The highest BCUT2D eigenvalue weighted by atomic mass is 16.2. The van der Waals surface area contributed by atoms with Gasteiger partial charge < -0.3 is 16.4 Å². The molecular weight excluding hydrogens is 230 g/mol. The van der Waals surface area contributed by atoms with Gasteiger partial charge in [0.1, 0.15) is 0 Å². The minimum atomic E-state index is -0.689. The number of nitrogens with one attached hydrogen (secondary N) is 2. The molecule has 5 heteroatoms. The van der Waals surface area contributed by atoms with Crippen LogP contribution in [0.3, 0.4) is 0 Å². The Morgan fingerprint density at radius 3 is 2.50 bits per heavy atom. The van der Waals surface area contributed by atoms with Crippen LogP contribution in [-0.4, -0.2) is 24.4 Å². The summed E-state index contributed by atoms with van der Waals surface area (Å²) in [5, 5.41) is 5.36. The molecule has 1 aliphatic rings. The van der Waals surface area contributed by atoms with Crippen molar-refractivity contribution in [1.82, 2.24) is 5.32 Å². The number of aryl methyl sites for hydroxylation is 1. The van der Waals surface area contributed by atoms with E-state index in [2.05, 4.69) is 10.6 Å². The fraction of sp³-hybridized carbons (Fsp3) is 0.385. The van der Waals surface area contributed by atoms with Gasteiger partial charge in [-0.05, 0) is 43.5 Å². The molecule has 1 saturated carbocycles. The number of amides is 2. The molecule has 5 nitrogen and oxygen atoms in total. The molecule has 1 fully saturated rings. The highest BCUT2D eigenvalue weighted by Gasteiger charge is 2.46. The fourth-order valence-corrected chi connectivity index (χ4v) is 1.70. The molecule has 0 radical (unpaired) electrons. The topological polar surface area (TPSA) is 84.2 Å². The number of hydrogen-bond acceptors (Lipinski definition) is 3. The van der Waals surface area contributed by atoms with Gasteiger partial charge in [-0.15, -0.1) is 0 Å². The maximum absolute atomic E-state index is 11.8. The zero-order valence-electron chi connectivity index (χ0n) is 10.5. The number of benzene rings is 1. The monoisotopic (exact) mass is 247 g/mol. The molecule has 1 aromatic carbocycles. The standard InChI is InChI=1S/C13H17N3O2/c1-8-7-9(11(17)15-2)3-4-10(8)16-12(18)13(14)5-6-13/h3-4,7H,5-6,14H2,1-2H3,(H,15,17)(H,16,18). The molecule has 0 spiro atoms. The molecule has 0 atom stereocenters. The van der Waals surface area contributed by atoms with Crippen LogP contribution in [0.25, 0.3) is 0 Å². The Morgan fingerprint density at radius 1 is 1.33 bits per heavy atom. The van der Waals surface area contributed by atoms with Crippen LogP contribution in [0.2, 0.25) is 0 Å². The van der Waals surface area contributed by atoms with Crippen molar-refractivity contribution in [2.45, 2.75) is 25.3 Å². The zero-order chi connectivity index (χ0) is 13.3. The van der Waals surface area contributed by atoms with Crippen molar-refractivity contribution in [3.05, 3.63) is 29.3 Å². The lowest BCUT2D eigenvalue weighted by molar-refractivity contribution is -0.118. The third kappa shape index (κ3) is 2.36. The minimum absolute atomic E-state index is 0.145. The summed E-state index contributed by atoms with van der Waals surface area (Å²) in [7, 11) is 1.58. The molecule has 0 bridgehead atoms. The van der Waals surface area contributed by atoms with Crippen molar-refractivity contribution >= 4 is 17.5 Å². The average molecular weight is 247 g/mol. The van der Waals surface area contributed by atoms with E-state index in [4.69, 9.17) is 5.73 Å². The van der Waals surface area contributed by atoms with Gasteiger partial charge in [-0.2, -0.15) is 0 Å². The van der Waals surface area contributed by atoms with Gasteiger partial charge in [0.05, 0.1) is 5.54 Å². The molecule has 0 saturated heterocycles. The first kappa shape index (κ1) is 12.6. The molecule has 0 aromatic heterocycles. The van der Waals surface area contributed by atoms with E-state index in [1.54, 1.807) is 25.2 Å². The molecule has 0 aliphatic heterocycles. The van der Waals surface area contributed by atoms with Crippen molar-refractivity contribution in [1.29, 1.82) is 0 Å². The summed E-state index contributed by atoms with van der Waals surface area (Å²) in [5.74, 6) is -0.299. The average Bonchev–Trinajstić information content (AvgIpc) is 3.10. The van der Waals surface area contributed by atoms with E-state index < -0.39 is 5.54 Å². The van der Waals surface area contributed by atoms with Crippen molar-refractivity contribution < 1.29 is 9.59 Å². The molecular formula is C13H17N3O2. The van der Waals surface area contributed by atoms with Gasteiger partial charge >= 0.3 is 0 Å². The Kier molecular flexibility index (Phi) is 3.09. The van der Waals surface area contributed by atoms with E-state index in [1.165, 1.54) is 0 Å². The number of hydrogen-bond donors (Lipinski definition) is 3. The lowest BCUT2D eigenvalue weighted by atomic mass is 10.1. The van der Waals surface area contributed by atoms with Crippen LogP contribution in [0.4, 0.5) is 5.69 Å². The summed E-state index contributed by atoms with van der Waals surface area (Å²) in [5.41, 5.74) is 7.23. The first-order chi connectivity index (χ1) is 8.46. The molecule has 4 N–H and O–H groups in total. The molecule has 1 aliphatic carbocycles. The van der Waals surface area contributed by atoms with Gasteiger partial charge in [0, 0.05) is 18.3 Å². The Balaban J connectivity index is 2.15. The van der Waals surface area contributed by atoms with Gasteiger partial charge in [0.15, 0.2) is 0 Å². The molecule has 0 heterocycles. The van der Waals surface area contributed by atoms with Gasteiger partial charge in [0.2, 0.25) is 5.91 Å². The summed E-state index contributed by atoms with van der Waals surface area (Å²) >= 11 is 0. The molecule has 2 rings (SSSR count). The maximum atomic E-state index is 11.8. The molecule has 1 aromatic rings. The second-order valence-electron chi connectivity index (χ2n) is 4.72. The number of carbonyl (C=O) groups is 2. The fourth-order valence-electron chi connectivity index (χ4n) is 1.70. The minimum Gasteiger partial charge on any atom is -0.355 e. The lowest BCUT2D eigenvalue weighted by Crippen LogP contribution is -2.38. The largest absolute Gasteiger partial charge is 0.355 e. The Bertz CT molecular complexity index is 507. The molecule has 0 unspecified atom stereocenters. The van der Waals surface area contributed by atoms with Crippen LogP contribution in [0.1, 0.15) is 28.8 Å². The van der Waals surface area contributed by atoms with Gasteiger partial charge in [0.25, 0.3) is 5.91 Å². The second kappa shape index (κ2) is 4.42. The summed E-state index contributed by atoms with van der Waals surface area (Å²) in [6, 6.07) is 5.14. The summed E-state index contributed by atoms with van der Waals surface area (Å²) in [4.78, 5) is 23.3. The van der Waals surface area contributed by atoms with E-state index in [-0.39, 0.29) is 11.8 Å². The van der Waals surface area contributed by atoms with Crippen LogP contribution in [0.15, 0.2) is 18.2 Å². The summed E-state index contributed by atoms with van der Waals surface area (Å²) in [6.07, 6.45) is 1.46. The van der Waals surface area contributed by atoms with Crippen LogP contribution >= 0.6 is 0 Å². The maximum Gasteiger partial charge on any atom is 0.251 e. The molecule has 96 valence electrons. The van der Waals surface area contributed by atoms with Crippen LogP contribution in [-0.2, 0) is 4.79 Å². The van der Waals surface area contributed by atoms with Crippen molar-refractivity contribution in [2.75, 3.05) is 12.4 Å². The normalized spacial score (nSPS) is 15.9. The van der Waals surface area contributed by atoms with Crippen LogP contribution < -0.4 is 16.4 Å². The van der Waals surface area contributed by atoms with Gasteiger partial charge in [-0.1, -0.05) is 0 Å². The number of nitrogens with two attached hydrogens (primary N) is 1. The smallest absolute Gasteiger partial charge is 0.251 e. The first-order valence-corrected chi connectivity index (χ1v) is 5.89. The quantitative estimate of drug-likeness (QED) is 0.738. The highest BCUT2D eigenvalue weighted by Crippen LogP contribution is 2.33. The van der Waals surface area contributed by atoms with Crippen molar-refractivity contribution in [3.8, 4) is 0 Å². The van der Waals surface area contributed by atoms with Gasteiger partial charge in [-0.3, -0.25) is 9.59 Å². The lowest BCUT2D eigenvalue weighted by Gasteiger charge is -2.13. The first-order valence-electron chi connectivity index (χ1n) is 5.89. The Hall–Kier alpha value is -1.88. The molecule has 18 heavy (non-hydrogen) atoms. The molecule has 2 amide bonds. The zero-order valence-corrected chi connectivity index (χ0v) is 10.5. The number of carbonyl (C=O) groups excluding carboxylic acids is 2. The van der Waals surface area contributed by atoms with Crippen LogP contribution in [0, 0.1) is 6.92 Å². The second-order valence-corrected chi connectivity index (χ2v) is 4.72. The van der Waals surface area contributed by atoms with E-state index in [9.17, 15) is 9.59 Å². The Labute approximate surface area is 106 Å². The third-order valence-corrected chi connectivity index (χ3v) is 3.20. The predicted octanol–water partition coefficient (Wildman–Crippen LogP) is 0.784. The van der Waals surface area contributed by atoms with E-state index in [0.29, 0.717) is 11.3 Å². The van der Waals surface area contributed by atoms with E-state index >= 15 is 0 Å². The van der Waals surface area contributed by atoms with Crippen LogP contribution in [0.5, 0.6) is 0 Å². The predicted molar refractivity (Wildman–Crippen MR) is 69.4 cm³/mol. The third-order valence-electron chi connectivity index (χ3n) is 3.20. The van der Waals surface area contributed by atoms with Crippen molar-refractivity contribution in [3.63, 3.8) is 0 Å². The summed E-state index contributed by atoms with van der Waals surface area (Å²) < 4.78 is 0. The number of rotatable bonds is 3. The summed E-state index contributed by atoms with van der Waals surface area (Å²) in [6.45, 7) is 1.85. The SMILES string of the molecule is CNC(=O)c1ccc(NC(=O)C2(N)CC2)c(C)c1. The van der Waals surface area contributed by atoms with E-state index in [0.717, 1.165) is 18.4 Å². The van der Waals surface area contributed by atoms with Crippen molar-refractivity contribution in [2.24, 2.45) is 5.73 Å². The van der Waals surface area contributed by atoms with Gasteiger partial charge in [-0.25, -0.2) is 0 Å². The number of anilines is 1. The highest BCUT2D eigenvalue weighted by molar-refractivity contribution is 6.01. The van der Waals surface area contributed by atoms with E-state index in [1.807, 2.05) is 6.92 Å².